The topological polar surface area (TPSA) is 33.5 Å². The first-order valence-corrected chi connectivity index (χ1v) is 14.7. The van der Waals surface area contributed by atoms with Gasteiger partial charge < -0.3 is 0 Å². The predicted octanol–water partition coefficient (Wildman–Crippen LogP) is 9.77. The molecule has 0 radical (unpaired) electrons. The number of hydrogen-bond acceptors (Lipinski definition) is 5. The SMILES string of the molecule is Cc1ccnc(-n2c3ccccc3c3ccc(Sc4cccc(N5ON(c6ccccc6)c6ccccc65)c4)cc32)c1. The molecule has 0 unspecified atom stereocenters. The van der Waals surface area contributed by atoms with Crippen molar-refractivity contribution in [1.82, 2.24) is 9.55 Å². The molecular formula is C36H26N4OS. The molecule has 0 saturated heterocycles. The minimum atomic E-state index is 0.929. The minimum Gasteiger partial charge on any atom is -0.294 e. The number of pyridine rings is 1. The highest BCUT2D eigenvalue weighted by molar-refractivity contribution is 7.99. The van der Waals surface area contributed by atoms with Gasteiger partial charge in [0, 0.05) is 26.8 Å². The fourth-order valence-electron chi connectivity index (χ4n) is 5.63. The molecule has 0 amide bonds. The van der Waals surface area contributed by atoms with Gasteiger partial charge in [-0.2, -0.15) is 10.1 Å². The third kappa shape index (κ3) is 4.20. The van der Waals surface area contributed by atoms with E-state index in [1.807, 2.05) is 64.9 Å². The maximum atomic E-state index is 6.42. The summed E-state index contributed by atoms with van der Waals surface area (Å²) in [6.45, 7) is 2.11. The highest BCUT2D eigenvalue weighted by Crippen LogP contribution is 2.46. The summed E-state index contributed by atoms with van der Waals surface area (Å²) >= 11 is 1.74. The second-order valence-corrected chi connectivity index (χ2v) is 11.5. The number of para-hydroxylation sites is 4. The van der Waals surface area contributed by atoms with E-state index in [1.165, 1.54) is 16.3 Å². The van der Waals surface area contributed by atoms with Crippen LogP contribution >= 0.6 is 11.8 Å². The van der Waals surface area contributed by atoms with Crippen LogP contribution in [-0.4, -0.2) is 9.55 Å². The molecule has 42 heavy (non-hydrogen) atoms. The molecule has 0 spiro atoms. The number of hydrogen-bond donors (Lipinski definition) is 0. The Morgan fingerprint density at radius 1 is 0.571 bits per heavy atom. The van der Waals surface area contributed by atoms with E-state index < -0.39 is 0 Å². The fraction of sp³-hybridized carbons (Fsp3) is 0.0278. The average molecular weight is 563 g/mol. The maximum Gasteiger partial charge on any atom is 0.137 e. The van der Waals surface area contributed by atoms with Gasteiger partial charge in [0.05, 0.1) is 33.8 Å². The largest absolute Gasteiger partial charge is 0.294 e. The van der Waals surface area contributed by atoms with Gasteiger partial charge in [-0.05, 0) is 85.3 Å². The Hall–Kier alpha value is -5.04. The smallest absolute Gasteiger partial charge is 0.137 e. The highest BCUT2D eigenvalue weighted by Gasteiger charge is 2.30. The van der Waals surface area contributed by atoms with Crippen molar-refractivity contribution in [3.05, 3.63) is 145 Å². The second-order valence-electron chi connectivity index (χ2n) is 10.3. The number of nitrogens with zero attached hydrogens (tertiary/aromatic N) is 4. The molecule has 1 aliphatic heterocycles. The molecule has 0 aliphatic carbocycles. The summed E-state index contributed by atoms with van der Waals surface area (Å²) in [5.74, 6) is 0.929. The summed E-state index contributed by atoms with van der Waals surface area (Å²) in [4.78, 5) is 13.4. The quantitative estimate of drug-likeness (QED) is 0.209. The van der Waals surface area contributed by atoms with Crippen LogP contribution in [0.2, 0.25) is 0 Å². The van der Waals surface area contributed by atoms with E-state index in [2.05, 4.69) is 96.4 Å². The van der Waals surface area contributed by atoms with E-state index in [4.69, 9.17) is 9.92 Å². The molecule has 7 aromatic rings. The lowest BCUT2D eigenvalue weighted by Crippen LogP contribution is -2.20. The van der Waals surface area contributed by atoms with Crippen molar-refractivity contribution in [2.75, 3.05) is 10.1 Å². The number of aryl methyl sites for hydroxylation is 1. The van der Waals surface area contributed by atoms with E-state index in [0.29, 0.717) is 0 Å². The van der Waals surface area contributed by atoms with Gasteiger partial charge >= 0.3 is 0 Å². The van der Waals surface area contributed by atoms with Gasteiger partial charge in [0.1, 0.15) is 5.82 Å². The molecule has 0 atom stereocenters. The number of rotatable bonds is 5. The van der Waals surface area contributed by atoms with Crippen LogP contribution in [0, 0.1) is 6.92 Å². The van der Waals surface area contributed by atoms with Crippen LogP contribution in [0.15, 0.2) is 149 Å². The number of anilines is 4. The third-order valence-electron chi connectivity index (χ3n) is 7.54. The zero-order chi connectivity index (χ0) is 28.0. The Balaban J connectivity index is 1.16. The molecule has 5 nitrogen and oxygen atoms in total. The lowest BCUT2D eigenvalue weighted by atomic mass is 10.2. The molecule has 6 heteroatoms. The molecule has 0 fully saturated rings. The first kappa shape index (κ1) is 24.7. The standard InChI is InChI=1S/C36H26N4OS/c1-25-20-21-37-36(22-25)38-32-15-6-5-14-30(32)31-19-18-29(24-35(31)38)42-28-13-9-12-27(23-28)40-34-17-8-7-16-33(34)39(41-40)26-10-3-2-4-11-26/h2-24H,1H3. The Labute approximate surface area is 248 Å². The molecular weight excluding hydrogens is 536 g/mol. The summed E-state index contributed by atoms with van der Waals surface area (Å²) in [6.07, 6.45) is 1.88. The number of benzene rings is 5. The summed E-state index contributed by atoms with van der Waals surface area (Å²) in [7, 11) is 0. The molecule has 5 aromatic carbocycles. The van der Waals surface area contributed by atoms with E-state index in [9.17, 15) is 0 Å². The van der Waals surface area contributed by atoms with Gasteiger partial charge in [-0.15, -0.1) is 4.94 Å². The Bertz CT molecular complexity index is 2090. The van der Waals surface area contributed by atoms with Crippen molar-refractivity contribution in [2.45, 2.75) is 16.7 Å². The summed E-state index contributed by atoms with van der Waals surface area (Å²) in [6, 6.07) is 46.3. The number of fused-ring (bicyclic) bond motifs is 4. The van der Waals surface area contributed by atoms with Crippen LogP contribution in [0.3, 0.4) is 0 Å². The fourth-order valence-corrected chi connectivity index (χ4v) is 6.53. The van der Waals surface area contributed by atoms with Crippen molar-refractivity contribution >= 4 is 56.3 Å². The van der Waals surface area contributed by atoms with Crippen LogP contribution in [0.5, 0.6) is 0 Å². The van der Waals surface area contributed by atoms with Gasteiger partial charge in [-0.3, -0.25) is 4.57 Å². The Kier molecular flexibility index (Phi) is 5.95. The zero-order valence-electron chi connectivity index (χ0n) is 22.9. The lowest BCUT2D eigenvalue weighted by Gasteiger charge is -2.20. The van der Waals surface area contributed by atoms with Crippen LogP contribution in [0.4, 0.5) is 22.7 Å². The highest BCUT2D eigenvalue weighted by atomic mass is 32.2. The van der Waals surface area contributed by atoms with E-state index in [0.717, 1.165) is 49.4 Å². The van der Waals surface area contributed by atoms with Crippen molar-refractivity contribution in [3.63, 3.8) is 0 Å². The molecule has 2 aromatic heterocycles. The minimum absolute atomic E-state index is 0.929. The predicted molar refractivity (Wildman–Crippen MR) is 172 cm³/mol. The van der Waals surface area contributed by atoms with Crippen molar-refractivity contribution in [2.24, 2.45) is 0 Å². The Morgan fingerprint density at radius 3 is 2.10 bits per heavy atom. The van der Waals surface area contributed by atoms with E-state index in [1.54, 1.807) is 11.8 Å². The molecule has 0 bridgehead atoms. The van der Waals surface area contributed by atoms with Crippen molar-refractivity contribution in [3.8, 4) is 5.82 Å². The maximum absolute atomic E-state index is 6.42. The van der Waals surface area contributed by atoms with Crippen molar-refractivity contribution in [1.29, 1.82) is 0 Å². The average Bonchev–Trinajstić information content (AvgIpc) is 3.58. The van der Waals surface area contributed by atoms with E-state index in [-0.39, 0.29) is 0 Å². The second kappa shape index (κ2) is 10.1. The number of aromatic nitrogens is 2. The van der Waals surface area contributed by atoms with Gasteiger partial charge in [0.15, 0.2) is 0 Å². The third-order valence-corrected chi connectivity index (χ3v) is 8.52. The van der Waals surface area contributed by atoms with Crippen LogP contribution in [0.25, 0.3) is 27.6 Å². The van der Waals surface area contributed by atoms with Gasteiger partial charge in [-0.25, -0.2) is 4.98 Å². The van der Waals surface area contributed by atoms with Gasteiger partial charge in [-0.1, -0.05) is 72.4 Å². The first-order valence-electron chi connectivity index (χ1n) is 13.9. The van der Waals surface area contributed by atoms with Crippen molar-refractivity contribution < 1.29 is 4.94 Å². The van der Waals surface area contributed by atoms with Gasteiger partial charge in [0.25, 0.3) is 0 Å². The van der Waals surface area contributed by atoms with Gasteiger partial charge in [0.2, 0.25) is 0 Å². The van der Waals surface area contributed by atoms with Crippen LogP contribution < -0.4 is 10.1 Å². The van der Waals surface area contributed by atoms with E-state index >= 15 is 0 Å². The molecule has 8 rings (SSSR count). The summed E-state index contributed by atoms with van der Waals surface area (Å²) in [5.41, 5.74) is 7.43. The summed E-state index contributed by atoms with van der Waals surface area (Å²) < 4.78 is 2.27. The molecule has 0 N–H and O–H groups in total. The Morgan fingerprint density at radius 2 is 1.26 bits per heavy atom. The van der Waals surface area contributed by atoms with Crippen LogP contribution in [-0.2, 0) is 4.94 Å². The first-order chi connectivity index (χ1) is 20.7. The van der Waals surface area contributed by atoms with Crippen LogP contribution in [0.1, 0.15) is 5.56 Å². The summed E-state index contributed by atoms with van der Waals surface area (Å²) in [5, 5.41) is 6.22. The molecule has 202 valence electrons. The molecule has 0 saturated carbocycles. The zero-order valence-corrected chi connectivity index (χ0v) is 23.7. The monoisotopic (exact) mass is 562 g/mol. The lowest BCUT2D eigenvalue weighted by molar-refractivity contribution is 0.156. The molecule has 1 aliphatic rings. The molecule has 3 heterocycles. The normalized spacial score (nSPS) is 12.8.